The lowest BCUT2D eigenvalue weighted by molar-refractivity contribution is 0.446. The molecule has 2 rings (SSSR count). The van der Waals surface area contributed by atoms with Gasteiger partial charge in [-0.05, 0) is 29.7 Å². The van der Waals surface area contributed by atoms with Gasteiger partial charge in [0.2, 0.25) is 5.88 Å². The highest BCUT2D eigenvalue weighted by Gasteiger charge is 2.18. The van der Waals surface area contributed by atoms with E-state index in [0.717, 1.165) is 23.4 Å². The van der Waals surface area contributed by atoms with E-state index >= 15 is 0 Å². The summed E-state index contributed by atoms with van der Waals surface area (Å²) >= 11 is 6.00. The van der Waals surface area contributed by atoms with Gasteiger partial charge in [0.1, 0.15) is 5.75 Å². The zero-order valence-corrected chi connectivity index (χ0v) is 13.9. The van der Waals surface area contributed by atoms with E-state index in [4.69, 9.17) is 16.3 Å². The lowest BCUT2D eigenvalue weighted by Crippen LogP contribution is -2.14. The Labute approximate surface area is 132 Å². The topological polar surface area (TPSA) is 22.1 Å². The van der Waals surface area contributed by atoms with Crippen LogP contribution in [0.1, 0.15) is 44.5 Å². The van der Waals surface area contributed by atoms with Gasteiger partial charge in [-0.25, -0.2) is 4.98 Å². The molecule has 2 aromatic rings. The second kappa shape index (κ2) is 6.48. The Morgan fingerprint density at radius 1 is 1.14 bits per heavy atom. The van der Waals surface area contributed by atoms with Crippen molar-refractivity contribution in [1.29, 1.82) is 0 Å². The molecule has 3 heteroatoms. The van der Waals surface area contributed by atoms with E-state index in [-0.39, 0.29) is 5.41 Å². The summed E-state index contributed by atoms with van der Waals surface area (Å²) in [5.74, 6) is 1.93. The molecule has 1 aromatic carbocycles. The van der Waals surface area contributed by atoms with Crippen LogP contribution >= 0.6 is 11.6 Å². The summed E-state index contributed by atoms with van der Waals surface area (Å²) in [4.78, 5) is 4.64. The fourth-order valence-electron chi connectivity index (χ4n) is 2.08. The molecule has 0 fully saturated rings. The third kappa shape index (κ3) is 3.98. The lowest BCUT2D eigenvalue weighted by atomic mass is 9.91. The minimum Gasteiger partial charge on any atom is -0.439 e. The van der Waals surface area contributed by atoms with Gasteiger partial charge in [0.05, 0.1) is 5.69 Å². The molecule has 0 aliphatic carbocycles. The predicted molar refractivity (Wildman–Crippen MR) is 88.4 cm³/mol. The van der Waals surface area contributed by atoms with Crippen molar-refractivity contribution >= 4 is 11.6 Å². The number of benzene rings is 1. The summed E-state index contributed by atoms with van der Waals surface area (Å²) in [7, 11) is 0. The molecule has 1 aromatic heterocycles. The average molecular weight is 304 g/mol. The summed E-state index contributed by atoms with van der Waals surface area (Å²) in [5.41, 5.74) is 3.16. The van der Waals surface area contributed by atoms with Crippen LogP contribution in [0.15, 0.2) is 36.4 Å². The Morgan fingerprint density at radius 3 is 2.48 bits per heavy atom. The summed E-state index contributed by atoms with van der Waals surface area (Å²) in [5, 5.41) is 0. The standard InChI is InChI=1S/C18H22ClNO/c1-5-14-8-6-7-9-15(14)21-17-11-13(12-19)10-16(20-17)18(2,3)4/h6-11H,5,12H2,1-4H3. The molecule has 0 aliphatic heterocycles. The number of pyridine rings is 1. The molecule has 0 saturated heterocycles. The SMILES string of the molecule is CCc1ccccc1Oc1cc(CCl)cc(C(C)(C)C)n1. The molecule has 0 N–H and O–H groups in total. The molecule has 0 bridgehead atoms. The van der Waals surface area contributed by atoms with Gasteiger partial charge < -0.3 is 4.74 Å². The minimum atomic E-state index is -0.0372. The fourth-order valence-corrected chi connectivity index (χ4v) is 2.24. The molecule has 0 spiro atoms. The van der Waals surface area contributed by atoms with Crippen LogP contribution in [0, 0.1) is 0 Å². The van der Waals surface area contributed by atoms with Gasteiger partial charge >= 0.3 is 0 Å². The van der Waals surface area contributed by atoms with Crippen molar-refractivity contribution in [1.82, 2.24) is 4.98 Å². The van der Waals surface area contributed by atoms with Crippen LogP contribution in [0.5, 0.6) is 11.6 Å². The highest BCUT2D eigenvalue weighted by Crippen LogP contribution is 2.29. The Bertz CT molecular complexity index is 617. The Balaban J connectivity index is 2.39. The van der Waals surface area contributed by atoms with Gasteiger partial charge in [-0.15, -0.1) is 11.6 Å². The zero-order valence-electron chi connectivity index (χ0n) is 13.1. The summed E-state index contributed by atoms with van der Waals surface area (Å²) in [6.45, 7) is 8.52. The molecular weight excluding hydrogens is 282 g/mol. The van der Waals surface area contributed by atoms with Gasteiger partial charge in [0.15, 0.2) is 0 Å². The molecule has 0 aliphatic rings. The third-order valence-electron chi connectivity index (χ3n) is 3.35. The number of alkyl halides is 1. The first kappa shape index (κ1) is 15.8. The quantitative estimate of drug-likeness (QED) is 0.698. The largest absolute Gasteiger partial charge is 0.439 e. The molecule has 2 nitrogen and oxygen atoms in total. The maximum atomic E-state index is 6.01. The molecule has 0 amide bonds. The van der Waals surface area contributed by atoms with Crippen LogP contribution in [0.2, 0.25) is 0 Å². The molecule has 0 radical (unpaired) electrons. The Kier molecular flexibility index (Phi) is 4.89. The summed E-state index contributed by atoms with van der Waals surface area (Å²) in [6, 6.07) is 12.0. The van der Waals surface area contributed by atoms with Gasteiger partial charge in [-0.1, -0.05) is 45.9 Å². The molecule has 1 heterocycles. The maximum absolute atomic E-state index is 6.01. The van der Waals surface area contributed by atoms with Gasteiger partial charge in [0, 0.05) is 17.4 Å². The second-order valence-electron chi connectivity index (χ2n) is 6.15. The molecule has 21 heavy (non-hydrogen) atoms. The first-order chi connectivity index (χ1) is 9.94. The Morgan fingerprint density at radius 2 is 1.86 bits per heavy atom. The smallest absolute Gasteiger partial charge is 0.219 e. The number of hydrogen-bond acceptors (Lipinski definition) is 2. The summed E-state index contributed by atoms with van der Waals surface area (Å²) in [6.07, 6.45) is 0.928. The highest BCUT2D eigenvalue weighted by molar-refractivity contribution is 6.17. The van der Waals surface area contributed by atoms with Gasteiger partial charge in [0.25, 0.3) is 0 Å². The van der Waals surface area contributed by atoms with Crippen LogP contribution in [-0.4, -0.2) is 4.98 Å². The number of aromatic nitrogens is 1. The molecule has 0 unspecified atom stereocenters. The van der Waals surface area contributed by atoms with Crippen molar-refractivity contribution < 1.29 is 4.74 Å². The normalized spacial score (nSPS) is 11.5. The first-order valence-electron chi connectivity index (χ1n) is 7.27. The molecule has 0 atom stereocenters. The zero-order chi connectivity index (χ0) is 15.5. The minimum absolute atomic E-state index is 0.0372. The van der Waals surface area contributed by atoms with Crippen molar-refractivity contribution in [2.75, 3.05) is 0 Å². The summed E-state index contributed by atoms with van der Waals surface area (Å²) < 4.78 is 6.01. The molecule has 112 valence electrons. The van der Waals surface area contributed by atoms with E-state index in [1.54, 1.807) is 0 Å². The van der Waals surface area contributed by atoms with E-state index in [1.807, 2.05) is 30.3 Å². The van der Waals surface area contributed by atoms with Gasteiger partial charge in [-0.2, -0.15) is 0 Å². The molecular formula is C18H22ClNO. The van der Waals surface area contributed by atoms with Crippen molar-refractivity contribution in [2.24, 2.45) is 0 Å². The van der Waals surface area contributed by atoms with Gasteiger partial charge in [-0.3, -0.25) is 0 Å². The number of halogens is 1. The van der Waals surface area contributed by atoms with Crippen molar-refractivity contribution in [3.8, 4) is 11.6 Å². The number of rotatable bonds is 4. The van der Waals surface area contributed by atoms with Crippen LogP contribution in [0.4, 0.5) is 0 Å². The van der Waals surface area contributed by atoms with Crippen molar-refractivity contribution in [3.05, 3.63) is 53.2 Å². The van der Waals surface area contributed by atoms with Crippen LogP contribution in [0.3, 0.4) is 0 Å². The van der Waals surface area contributed by atoms with E-state index in [1.165, 1.54) is 5.56 Å². The Hall–Kier alpha value is -1.54. The maximum Gasteiger partial charge on any atom is 0.219 e. The number of ether oxygens (including phenoxy) is 1. The van der Waals surface area contributed by atoms with E-state index < -0.39 is 0 Å². The fraction of sp³-hybridized carbons (Fsp3) is 0.389. The van der Waals surface area contributed by atoms with E-state index in [2.05, 4.69) is 38.7 Å². The number of nitrogens with zero attached hydrogens (tertiary/aromatic N) is 1. The van der Waals surface area contributed by atoms with Crippen molar-refractivity contribution in [2.45, 2.75) is 45.4 Å². The first-order valence-corrected chi connectivity index (χ1v) is 7.80. The second-order valence-corrected chi connectivity index (χ2v) is 6.41. The lowest BCUT2D eigenvalue weighted by Gasteiger charge is -2.20. The number of hydrogen-bond donors (Lipinski definition) is 0. The third-order valence-corrected chi connectivity index (χ3v) is 3.66. The van der Waals surface area contributed by atoms with Crippen LogP contribution in [-0.2, 0) is 17.7 Å². The highest BCUT2D eigenvalue weighted by atomic mass is 35.5. The monoisotopic (exact) mass is 303 g/mol. The van der Waals surface area contributed by atoms with Crippen LogP contribution in [0.25, 0.3) is 0 Å². The van der Waals surface area contributed by atoms with E-state index in [0.29, 0.717) is 11.8 Å². The molecule has 0 saturated carbocycles. The number of para-hydroxylation sites is 1. The van der Waals surface area contributed by atoms with Crippen LogP contribution < -0.4 is 4.74 Å². The van der Waals surface area contributed by atoms with Crippen molar-refractivity contribution in [3.63, 3.8) is 0 Å². The predicted octanol–water partition coefficient (Wildman–Crippen LogP) is 5.47. The van der Waals surface area contributed by atoms with E-state index in [9.17, 15) is 0 Å². The average Bonchev–Trinajstić information content (AvgIpc) is 2.46. The number of aryl methyl sites for hydroxylation is 1.